The number of pyridine rings is 2. The molecular formula is C33H31N3O7. The average Bonchev–Trinajstić information content (AvgIpc) is 3.65. The van der Waals surface area contributed by atoms with Crippen LogP contribution in [0.15, 0.2) is 47.3 Å². The topological polar surface area (TPSA) is 112 Å². The van der Waals surface area contributed by atoms with Gasteiger partial charge >= 0.3 is 5.97 Å². The number of cyclic esters (lactones) is 1. The molecule has 4 aliphatic heterocycles. The zero-order valence-electron chi connectivity index (χ0n) is 23.9. The maximum atomic E-state index is 13.8. The minimum atomic E-state index is -1.88. The molecule has 1 saturated heterocycles. The summed E-state index contributed by atoms with van der Waals surface area (Å²) in [6.45, 7) is 5.18. The SMILES string of the molecule is CC[C@@]1(O)C(=O)OCc2c1cc1n(c2=O)Cc2c-1nc1cc3c(cc1c2CCc1ccccc1N1CCOCC1)OCO3. The quantitative estimate of drug-likeness (QED) is 0.312. The van der Waals surface area contributed by atoms with Gasteiger partial charge in [-0.15, -0.1) is 0 Å². The van der Waals surface area contributed by atoms with Crippen molar-refractivity contribution in [2.24, 2.45) is 0 Å². The van der Waals surface area contributed by atoms with Crippen molar-refractivity contribution in [3.63, 3.8) is 0 Å². The van der Waals surface area contributed by atoms with Crippen LogP contribution in [0.4, 0.5) is 5.69 Å². The molecule has 2 aromatic carbocycles. The maximum absolute atomic E-state index is 13.8. The van der Waals surface area contributed by atoms with Crippen molar-refractivity contribution in [3.8, 4) is 22.9 Å². The molecule has 6 heterocycles. The second-order valence-corrected chi connectivity index (χ2v) is 11.5. The summed E-state index contributed by atoms with van der Waals surface area (Å²) in [6.07, 6.45) is 1.59. The van der Waals surface area contributed by atoms with Gasteiger partial charge in [-0.1, -0.05) is 25.1 Å². The molecule has 1 N–H and O–H groups in total. The summed E-state index contributed by atoms with van der Waals surface area (Å²) < 4.78 is 23.9. The minimum absolute atomic E-state index is 0.0943. The molecule has 0 saturated carbocycles. The standard InChI is InChI=1S/C33H31N3O7/c1-2-33(39)24-14-27-30-22(16-36(27)31(37)23(24)17-41-32(33)38)20(21-13-28-29(43-18-42-28)15-25(21)34-30)8-7-19-5-3-4-6-26(19)35-9-11-40-12-10-35/h3-6,13-15,39H,2,7-12,16-18H2,1H3/t33-/m0/s1. The molecule has 0 bridgehead atoms. The third kappa shape index (κ3) is 3.96. The van der Waals surface area contributed by atoms with Gasteiger partial charge in [-0.05, 0) is 48.6 Å². The van der Waals surface area contributed by atoms with E-state index in [1.165, 1.54) is 11.3 Å². The van der Waals surface area contributed by atoms with Gasteiger partial charge in [0, 0.05) is 41.4 Å². The van der Waals surface area contributed by atoms with Crippen LogP contribution in [0.5, 0.6) is 11.5 Å². The van der Waals surface area contributed by atoms with E-state index in [2.05, 4.69) is 29.2 Å². The number of morpholine rings is 1. The van der Waals surface area contributed by atoms with Crippen molar-refractivity contribution in [2.75, 3.05) is 38.0 Å². The zero-order chi connectivity index (χ0) is 29.3. The summed E-state index contributed by atoms with van der Waals surface area (Å²) in [7, 11) is 0. The molecule has 8 rings (SSSR count). The van der Waals surface area contributed by atoms with E-state index in [1.54, 1.807) is 17.6 Å². The number of carbonyl (C=O) groups is 1. The van der Waals surface area contributed by atoms with Gasteiger partial charge in [0.1, 0.15) is 6.61 Å². The molecule has 0 amide bonds. The summed E-state index contributed by atoms with van der Waals surface area (Å²) in [4.78, 5) is 33.9. The smallest absolute Gasteiger partial charge is 0.343 e. The molecule has 1 fully saturated rings. The second kappa shape index (κ2) is 9.82. The fourth-order valence-electron chi connectivity index (χ4n) is 6.93. The molecule has 0 spiro atoms. The Balaban J connectivity index is 1.28. The first-order valence-corrected chi connectivity index (χ1v) is 14.8. The first-order chi connectivity index (χ1) is 21.0. The van der Waals surface area contributed by atoms with Crippen molar-refractivity contribution in [2.45, 2.75) is 44.9 Å². The van der Waals surface area contributed by atoms with Crippen molar-refractivity contribution in [1.29, 1.82) is 0 Å². The molecule has 1 atom stereocenters. The van der Waals surface area contributed by atoms with Crippen LogP contribution >= 0.6 is 0 Å². The number of hydrogen-bond acceptors (Lipinski definition) is 9. The van der Waals surface area contributed by atoms with E-state index in [0.29, 0.717) is 60.2 Å². The van der Waals surface area contributed by atoms with Crippen LogP contribution in [0.1, 0.15) is 41.2 Å². The first-order valence-electron chi connectivity index (χ1n) is 14.8. The number of aromatic nitrogens is 2. The average molecular weight is 582 g/mol. The lowest BCUT2D eigenvalue weighted by molar-refractivity contribution is -0.172. The summed E-state index contributed by atoms with van der Waals surface area (Å²) in [5, 5.41) is 12.3. The van der Waals surface area contributed by atoms with Gasteiger partial charge in [-0.3, -0.25) is 4.79 Å². The van der Waals surface area contributed by atoms with Gasteiger partial charge < -0.3 is 33.5 Å². The summed E-state index contributed by atoms with van der Waals surface area (Å²) in [5.41, 5.74) is 5.00. The number of benzene rings is 2. The molecule has 0 unspecified atom stereocenters. The number of rotatable bonds is 5. The van der Waals surface area contributed by atoms with Crippen molar-refractivity contribution in [1.82, 2.24) is 9.55 Å². The predicted molar refractivity (Wildman–Crippen MR) is 158 cm³/mol. The third-order valence-electron chi connectivity index (χ3n) is 9.29. The lowest BCUT2D eigenvalue weighted by atomic mass is 9.86. The number of fused-ring (bicyclic) bond motifs is 6. The van der Waals surface area contributed by atoms with Crippen LogP contribution in [0.3, 0.4) is 0 Å². The van der Waals surface area contributed by atoms with Crippen molar-refractivity contribution >= 4 is 22.6 Å². The van der Waals surface area contributed by atoms with E-state index in [4.69, 9.17) is 23.9 Å². The molecule has 4 aliphatic rings. The van der Waals surface area contributed by atoms with Gasteiger partial charge in [-0.2, -0.15) is 0 Å². The van der Waals surface area contributed by atoms with Crippen LogP contribution in [0.2, 0.25) is 0 Å². The fourth-order valence-corrected chi connectivity index (χ4v) is 6.93. The Morgan fingerprint density at radius 3 is 2.58 bits per heavy atom. The first kappa shape index (κ1) is 26.2. The highest BCUT2D eigenvalue weighted by Gasteiger charge is 2.45. The van der Waals surface area contributed by atoms with E-state index in [1.807, 2.05) is 12.1 Å². The summed E-state index contributed by atoms with van der Waals surface area (Å²) in [5.74, 6) is 0.576. The van der Waals surface area contributed by atoms with Crippen LogP contribution < -0.4 is 19.9 Å². The van der Waals surface area contributed by atoms with Crippen LogP contribution in [0, 0.1) is 0 Å². The molecule has 0 aliphatic carbocycles. The van der Waals surface area contributed by atoms with Crippen molar-refractivity contribution in [3.05, 3.63) is 80.6 Å². The van der Waals surface area contributed by atoms with Gasteiger partial charge in [0.25, 0.3) is 5.56 Å². The lowest BCUT2D eigenvalue weighted by Gasteiger charge is -2.31. The highest BCUT2D eigenvalue weighted by molar-refractivity contribution is 5.91. The van der Waals surface area contributed by atoms with E-state index in [0.717, 1.165) is 41.5 Å². The Kier molecular flexibility index (Phi) is 5.99. The Bertz CT molecular complexity index is 1880. The fraction of sp³-hybridized carbons (Fsp3) is 0.364. The zero-order valence-corrected chi connectivity index (χ0v) is 23.9. The normalized spacial score (nSPS) is 20.1. The molecule has 2 aromatic heterocycles. The molecule has 4 aromatic rings. The van der Waals surface area contributed by atoms with Gasteiger partial charge in [0.2, 0.25) is 6.79 Å². The molecule has 10 nitrogen and oxygen atoms in total. The highest BCUT2D eigenvalue weighted by atomic mass is 16.7. The van der Waals surface area contributed by atoms with Crippen LogP contribution in [0.25, 0.3) is 22.3 Å². The van der Waals surface area contributed by atoms with E-state index in [-0.39, 0.29) is 25.4 Å². The minimum Gasteiger partial charge on any atom is -0.458 e. The molecular weight excluding hydrogens is 550 g/mol. The Labute approximate surface area is 247 Å². The number of aliphatic hydroxyl groups is 1. The number of para-hydroxylation sites is 1. The highest BCUT2D eigenvalue weighted by Crippen LogP contribution is 2.43. The number of carbonyl (C=O) groups excluding carboxylic acids is 1. The summed E-state index contributed by atoms with van der Waals surface area (Å²) in [6, 6.07) is 14.1. The Hall–Kier alpha value is -4.41. The van der Waals surface area contributed by atoms with E-state index in [9.17, 15) is 14.7 Å². The van der Waals surface area contributed by atoms with Gasteiger partial charge in [0.15, 0.2) is 17.1 Å². The largest absolute Gasteiger partial charge is 0.458 e. The summed E-state index contributed by atoms with van der Waals surface area (Å²) >= 11 is 0. The van der Waals surface area contributed by atoms with Crippen LogP contribution in [-0.4, -0.2) is 53.7 Å². The van der Waals surface area contributed by atoms with Crippen LogP contribution in [-0.2, 0) is 45.9 Å². The predicted octanol–water partition coefficient (Wildman–Crippen LogP) is 3.43. The molecule has 10 heteroatoms. The number of esters is 1. The number of aryl methyl sites for hydroxylation is 2. The Morgan fingerprint density at radius 1 is 0.977 bits per heavy atom. The maximum Gasteiger partial charge on any atom is 0.343 e. The third-order valence-corrected chi connectivity index (χ3v) is 9.29. The number of ether oxygens (including phenoxy) is 4. The monoisotopic (exact) mass is 581 g/mol. The second-order valence-electron chi connectivity index (χ2n) is 11.5. The number of hydrogen-bond donors (Lipinski definition) is 1. The number of anilines is 1. The van der Waals surface area contributed by atoms with Gasteiger partial charge in [-0.25, -0.2) is 9.78 Å². The Morgan fingerprint density at radius 2 is 1.77 bits per heavy atom. The van der Waals surface area contributed by atoms with E-state index < -0.39 is 11.6 Å². The van der Waals surface area contributed by atoms with Gasteiger partial charge in [0.05, 0.1) is 42.2 Å². The van der Waals surface area contributed by atoms with Crippen molar-refractivity contribution < 1.29 is 28.8 Å². The lowest BCUT2D eigenvalue weighted by Crippen LogP contribution is -2.44. The van der Waals surface area contributed by atoms with E-state index >= 15 is 0 Å². The number of nitrogens with zero attached hydrogens (tertiary/aromatic N) is 3. The molecule has 43 heavy (non-hydrogen) atoms. The molecule has 0 radical (unpaired) electrons. The molecule has 220 valence electrons.